The van der Waals surface area contributed by atoms with Crippen molar-refractivity contribution in [2.45, 2.75) is 123 Å². The Kier molecular flexibility index (Phi) is 15.4. The predicted molar refractivity (Wildman–Crippen MR) is 228 cm³/mol. The van der Waals surface area contributed by atoms with Crippen LogP contribution in [0.5, 0.6) is 0 Å². The van der Waals surface area contributed by atoms with Gasteiger partial charge in [-0.2, -0.15) is 5.26 Å². The molecule has 0 aliphatic carbocycles. The van der Waals surface area contributed by atoms with Gasteiger partial charge < -0.3 is 28.1 Å². The lowest BCUT2D eigenvalue weighted by atomic mass is 9.90. The van der Waals surface area contributed by atoms with E-state index in [1.165, 1.54) is 55.6 Å². The molecule has 59 heavy (non-hydrogen) atoms. The average molecular weight is 827 g/mol. The summed E-state index contributed by atoms with van der Waals surface area (Å²) in [5.74, 6) is -0.686. The third kappa shape index (κ3) is 11.0. The van der Waals surface area contributed by atoms with E-state index in [-0.39, 0.29) is 68.9 Å². The van der Waals surface area contributed by atoms with Crippen molar-refractivity contribution in [3.63, 3.8) is 0 Å². The molecule has 0 radical (unpaired) electrons. The summed E-state index contributed by atoms with van der Waals surface area (Å²) in [6.07, 6.45) is 3.14. The summed E-state index contributed by atoms with van der Waals surface area (Å²) in [5.41, 5.74) is 0.403. The van der Waals surface area contributed by atoms with E-state index >= 15 is 0 Å². The molecule has 5 aromatic rings. The molecular formula is C45H55N4O9P. The predicted octanol–water partition coefficient (Wildman–Crippen LogP) is 8.22. The lowest BCUT2D eigenvalue weighted by molar-refractivity contribution is -0.150. The first-order chi connectivity index (χ1) is 28.4. The highest BCUT2D eigenvalue weighted by Gasteiger charge is 2.42. The quantitative estimate of drug-likeness (QED) is 0.0310. The van der Waals surface area contributed by atoms with Crippen LogP contribution in [0.3, 0.4) is 0 Å². The molecule has 1 aromatic heterocycles. The molecule has 4 atom stereocenters. The number of nitrogens with one attached hydrogen (secondary N) is 1. The molecule has 1 aliphatic rings. The van der Waals surface area contributed by atoms with Gasteiger partial charge in [0, 0.05) is 37.7 Å². The molecule has 1 saturated heterocycles. The van der Waals surface area contributed by atoms with Gasteiger partial charge in [-0.25, -0.2) is 9.46 Å². The molecule has 314 valence electrons. The standard InChI is InChI=1S/C45H55N4O9P/c1-29(2)49(30(3)4)59(56-24-10-22-46)58-38-25-40(57-39(38)28-55-41(51)21-14-31(5)50)48-26-36(44(52)47-45(48)53)27-54-23-8-6-7-11-32-15-16-35-18-17-33-12-9-13-34-19-20-37(32)43(35)42(33)34/h9,12-13,15-20,26,29-30,38-40H,6-8,10-11,14,21,23-25,27-28H2,1-5H3,(H,47,52,53)/t38-,39+,40+,59?/m0/s1. The minimum atomic E-state index is -1.69. The molecule has 1 unspecified atom stereocenters. The molecule has 1 aliphatic heterocycles. The number of H-pyrrole nitrogens is 1. The number of benzene rings is 4. The average Bonchev–Trinajstić information content (AvgIpc) is 3.60. The van der Waals surface area contributed by atoms with E-state index in [1.807, 2.05) is 27.7 Å². The van der Waals surface area contributed by atoms with E-state index in [2.05, 4.69) is 70.3 Å². The van der Waals surface area contributed by atoms with Crippen LogP contribution >= 0.6 is 8.53 Å². The second kappa shape index (κ2) is 20.6. The number of nitriles is 1. The Bertz CT molecular complexity index is 2350. The number of rotatable bonds is 22. The Balaban J connectivity index is 1.08. The minimum Gasteiger partial charge on any atom is -0.463 e. The van der Waals surface area contributed by atoms with Crippen molar-refractivity contribution >= 4 is 52.6 Å². The van der Waals surface area contributed by atoms with E-state index in [1.54, 1.807) is 0 Å². The molecule has 0 saturated carbocycles. The van der Waals surface area contributed by atoms with Crippen LogP contribution in [0.2, 0.25) is 0 Å². The zero-order chi connectivity index (χ0) is 42.1. The van der Waals surface area contributed by atoms with E-state index in [0.29, 0.717) is 6.61 Å². The number of hydrogen-bond acceptors (Lipinski definition) is 11. The number of carbonyl (C=O) groups is 2. The topological polar surface area (TPSA) is 162 Å². The summed E-state index contributed by atoms with van der Waals surface area (Å²) in [6.45, 7) is 9.91. The maximum absolute atomic E-state index is 13.2. The number of unbranched alkanes of at least 4 members (excludes halogenated alkanes) is 2. The van der Waals surface area contributed by atoms with Gasteiger partial charge in [-0.05, 0) is 91.8 Å². The fraction of sp³-hybridized carbons (Fsp3) is 0.489. The zero-order valence-corrected chi connectivity index (χ0v) is 35.5. The van der Waals surface area contributed by atoms with E-state index in [4.69, 9.17) is 28.5 Å². The number of aryl methyl sites for hydroxylation is 1. The third-order valence-electron chi connectivity index (χ3n) is 10.6. The van der Waals surface area contributed by atoms with E-state index in [9.17, 15) is 19.2 Å². The Morgan fingerprint density at radius 1 is 0.932 bits per heavy atom. The number of carbonyl (C=O) groups excluding carboxylic acids is 2. The number of esters is 1. The van der Waals surface area contributed by atoms with Gasteiger partial charge in [-0.3, -0.25) is 19.1 Å². The van der Waals surface area contributed by atoms with E-state index in [0.717, 1.165) is 25.7 Å². The van der Waals surface area contributed by atoms with Crippen molar-refractivity contribution in [3.05, 3.63) is 92.8 Å². The first kappa shape index (κ1) is 44.0. The molecule has 6 rings (SSSR count). The molecule has 4 aromatic carbocycles. The molecule has 1 N–H and O–H groups in total. The number of aromatic amines is 1. The Labute approximate surface area is 345 Å². The van der Waals surface area contributed by atoms with E-state index < -0.39 is 44.2 Å². The van der Waals surface area contributed by atoms with Gasteiger partial charge in [0.25, 0.3) is 14.1 Å². The summed E-state index contributed by atoms with van der Waals surface area (Å²) < 4.78 is 33.9. The van der Waals surface area contributed by atoms with Gasteiger partial charge in [0.1, 0.15) is 24.7 Å². The molecular weight excluding hydrogens is 771 g/mol. The highest BCUT2D eigenvalue weighted by molar-refractivity contribution is 7.44. The summed E-state index contributed by atoms with van der Waals surface area (Å²) in [4.78, 5) is 52.5. The highest BCUT2D eigenvalue weighted by Crippen LogP contribution is 2.50. The molecule has 0 bridgehead atoms. The summed E-state index contributed by atoms with van der Waals surface area (Å²) >= 11 is 0. The molecule has 14 heteroatoms. The van der Waals surface area contributed by atoms with Gasteiger partial charge in [-0.1, -0.05) is 61.0 Å². The number of ether oxygens (including phenoxy) is 3. The maximum atomic E-state index is 13.2. The number of aromatic nitrogens is 2. The maximum Gasteiger partial charge on any atom is 0.330 e. The van der Waals surface area contributed by atoms with Crippen LogP contribution in [0.1, 0.15) is 96.9 Å². The Morgan fingerprint density at radius 3 is 2.36 bits per heavy atom. The van der Waals surface area contributed by atoms with Crippen LogP contribution in [0, 0.1) is 11.3 Å². The van der Waals surface area contributed by atoms with Crippen molar-refractivity contribution < 1.29 is 32.8 Å². The van der Waals surface area contributed by atoms with Gasteiger partial charge >= 0.3 is 11.7 Å². The lowest BCUT2D eigenvalue weighted by Gasteiger charge is -2.37. The first-order valence-electron chi connectivity index (χ1n) is 20.6. The normalized spacial score (nSPS) is 17.5. The molecule has 0 spiro atoms. The fourth-order valence-corrected chi connectivity index (χ4v) is 9.56. The SMILES string of the molecule is CC(=O)CCC(=O)OC[C@H]1O[C@@H](n2cc(COCCCCCc3ccc4ccc5cccc6ccc3c4c56)c(=O)[nH]c2=O)C[C@@H]1OP(OCCC#N)N(C(C)C)C(C)C. The van der Waals surface area contributed by atoms with Crippen molar-refractivity contribution in [2.24, 2.45) is 0 Å². The monoisotopic (exact) mass is 826 g/mol. The number of nitrogens with zero attached hydrogens (tertiary/aromatic N) is 3. The number of hydrogen-bond donors (Lipinski definition) is 1. The number of ketones is 1. The molecule has 2 heterocycles. The summed E-state index contributed by atoms with van der Waals surface area (Å²) in [6, 6.07) is 21.9. The van der Waals surface area contributed by atoms with Gasteiger partial charge in [0.15, 0.2) is 0 Å². The second-order valence-corrected chi connectivity index (χ2v) is 17.1. The van der Waals surface area contributed by atoms with Crippen LogP contribution in [0.25, 0.3) is 32.3 Å². The van der Waals surface area contributed by atoms with Crippen LogP contribution in [-0.4, -0.2) is 70.1 Å². The largest absolute Gasteiger partial charge is 0.463 e. The smallest absolute Gasteiger partial charge is 0.330 e. The fourth-order valence-electron chi connectivity index (χ4n) is 7.80. The van der Waals surface area contributed by atoms with Gasteiger partial charge in [-0.15, -0.1) is 0 Å². The zero-order valence-electron chi connectivity index (χ0n) is 34.6. The second-order valence-electron chi connectivity index (χ2n) is 15.7. The minimum absolute atomic E-state index is 0.00421. The lowest BCUT2D eigenvalue weighted by Crippen LogP contribution is -2.36. The van der Waals surface area contributed by atoms with Crippen LogP contribution in [0.15, 0.2) is 70.4 Å². The van der Waals surface area contributed by atoms with Crippen molar-refractivity contribution in [2.75, 3.05) is 19.8 Å². The van der Waals surface area contributed by atoms with Gasteiger partial charge in [0.05, 0.1) is 43.8 Å². The highest BCUT2D eigenvalue weighted by atomic mass is 31.2. The molecule has 0 amide bonds. The third-order valence-corrected chi connectivity index (χ3v) is 12.8. The number of Topliss-reactive ketones (excluding diaryl/α,β-unsaturated/α-hetero) is 1. The first-order valence-corrected chi connectivity index (χ1v) is 21.7. The van der Waals surface area contributed by atoms with Crippen molar-refractivity contribution in [1.82, 2.24) is 14.2 Å². The van der Waals surface area contributed by atoms with Gasteiger partial charge in [0.2, 0.25) is 0 Å². The molecule has 1 fully saturated rings. The molecule has 13 nitrogen and oxygen atoms in total. The Morgan fingerprint density at radius 2 is 1.64 bits per heavy atom. The van der Waals surface area contributed by atoms with Crippen molar-refractivity contribution in [1.29, 1.82) is 5.26 Å². The van der Waals surface area contributed by atoms with Crippen molar-refractivity contribution in [3.8, 4) is 6.07 Å². The summed E-state index contributed by atoms with van der Waals surface area (Å²) in [5, 5.41) is 16.9. The van der Waals surface area contributed by atoms with Crippen LogP contribution in [0.4, 0.5) is 0 Å². The Hall–Kier alpha value is -4.54. The van der Waals surface area contributed by atoms with Crippen LogP contribution in [-0.2, 0) is 45.9 Å². The van der Waals surface area contributed by atoms with Crippen LogP contribution < -0.4 is 11.2 Å². The summed E-state index contributed by atoms with van der Waals surface area (Å²) in [7, 11) is -1.69.